The first-order chi connectivity index (χ1) is 8.06. The van der Waals surface area contributed by atoms with Gasteiger partial charge in [-0.15, -0.1) is 0 Å². The Morgan fingerprint density at radius 2 is 2.12 bits per heavy atom. The molecule has 0 atom stereocenters. The maximum Gasteiger partial charge on any atom is 0.335 e. The van der Waals surface area contributed by atoms with Crippen molar-refractivity contribution in [1.29, 1.82) is 0 Å². The largest absolute Gasteiger partial charge is 0.478 e. The van der Waals surface area contributed by atoms with E-state index in [2.05, 4.69) is 9.88 Å². The van der Waals surface area contributed by atoms with Crippen LogP contribution in [0.4, 0.5) is 5.82 Å². The molecule has 0 amide bonds. The fraction of sp³-hybridized carbons (Fsp3) is 0.500. The van der Waals surface area contributed by atoms with E-state index in [9.17, 15) is 4.79 Å². The van der Waals surface area contributed by atoms with Crippen LogP contribution in [0, 0.1) is 6.92 Å². The third-order valence-electron chi connectivity index (χ3n) is 3.05. The number of nitrogens with two attached hydrogens (primary N) is 1. The number of piperidine rings is 1. The second kappa shape index (κ2) is 4.71. The molecule has 0 unspecified atom stereocenters. The molecule has 1 aliphatic rings. The SMILES string of the molecule is Cc1cc(C(=O)O)cc(N2CCC(N)CC2)n1. The average Bonchev–Trinajstić information content (AvgIpc) is 2.29. The van der Waals surface area contributed by atoms with Crippen LogP contribution in [0.1, 0.15) is 28.9 Å². The van der Waals surface area contributed by atoms with Gasteiger partial charge in [0.2, 0.25) is 0 Å². The van der Waals surface area contributed by atoms with Crippen molar-refractivity contribution < 1.29 is 9.90 Å². The molecule has 0 bridgehead atoms. The van der Waals surface area contributed by atoms with E-state index in [0.717, 1.165) is 37.4 Å². The van der Waals surface area contributed by atoms with Gasteiger partial charge < -0.3 is 15.7 Å². The van der Waals surface area contributed by atoms with Crippen molar-refractivity contribution in [2.45, 2.75) is 25.8 Å². The average molecular weight is 235 g/mol. The molecule has 1 aliphatic heterocycles. The maximum atomic E-state index is 11.0. The summed E-state index contributed by atoms with van der Waals surface area (Å²) in [6, 6.07) is 3.48. The molecule has 2 heterocycles. The lowest BCUT2D eigenvalue weighted by Crippen LogP contribution is -2.40. The number of carbonyl (C=O) groups is 1. The van der Waals surface area contributed by atoms with Crippen LogP contribution < -0.4 is 10.6 Å². The first-order valence-electron chi connectivity index (χ1n) is 5.79. The Balaban J connectivity index is 2.23. The molecule has 1 aromatic rings. The van der Waals surface area contributed by atoms with Crippen molar-refractivity contribution in [3.8, 4) is 0 Å². The number of anilines is 1. The summed E-state index contributed by atoms with van der Waals surface area (Å²) in [5, 5.41) is 9.01. The summed E-state index contributed by atoms with van der Waals surface area (Å²) in [6.45, 7) is 3.50. The molecule has 2 rings (SSSR count). The maximum absolute atomic E-state index is 11.0. The number of carboxylic acid groups (broad SMARTS) is 1. The molecule has 0 saturated carbocycles. The predicted molar refractivity (Wildman–Crippen MR) is 65.4 cm³/mol. The Morgan fingerprint density at radius 3 is 2.71 bits per heavy atom. The normalized spacial score (nSPS) is 17.2. The molecule has 0 aromatic carbocycles. The minimum absolute atomic E-state index is 0.259. The highest BCUT2D eigenvalue weighted by atomic mass is 16.4. The Labute approximate surface area is 100 Å². The van der Waals surface area contributed by atoms with E-state index in [-0.39, 0.29) is 6.04 Å². The number of aromatic carboxylic acids is 1. The smallest absolute Gasteiger partial charge is 0.335 e. The van der Waals surface area contributed by atoms with Gasteiger partial charge in [-0.05, 0) is 31.9 Å². The number of hydrogen-bond donors (Lipinski definition) is 2. The lowest BCUT2D eigenvalue weighted by Gasteiger charge is -2.31. The monoisotopic (exact) mass is 235 g/mol. The summed E-state index contributed by atoms with van der Waals surface area (Å²) in [7, 11) is 0. The molecule has 1 aromatic heterocycles. The zero-order chi connectivity index (χ0) is 12.4. The summed E-state index contributed by atoms with van der Waals surface area (Å²) in [4.78, 5) is 17.5. The van der Waals surface area contributed by atoms with E-state index in [4.69, 9.17) is 10.8 Å². The standard InChI is InChI=1S/C12H17N3O2/c1-8-6-9(12(16)17)7-11(14-8)15-4-2-10(13)3-5-15/h6-7,10H,2-5,13H2,1H3,(H,16,17). The molecule has 92 valence electrons. The summed E-state index contributed by atoms with van der Waals surface area (Å²) in [5.74, 6) is -0.167. The second-order valence-electron chi connectivity index (χ2n) is 4.49. The predicted octanol–water partition coefficient (Wildman–Crippen LogP) is 1.02. The molecular formula is C12H17N3O2. The van der Waals surface area contributed by atoms with Crippen molar-refractivity contribution in [1.82, 2.24) is 4.98 Å². The van der Waals surface area contributed by atoms with Gasteiger partial charge >= 0.3 is 5.97 Å². The van der Waals surface area contributed by atoms with Crippen molar-refractivity contribution >= 4 is 11.8 Å². The van der Waals surface area contributed by atoms with Gasteiger partial charge in [-0.1, -0.05) is 0 Å². The topological polar surface area (TPSA) is 79.5 Å². The fourth-order valence-corrected chi connectivity index (χ4v) is 2.07. The highest BCUT2D eigenvalue weighted by molar-refractivity contribution is 5.88. The van der Waals surface area contributed by atoms with Gasteiger partial charge in [-0.25, -0.2) is 9.78 Å². The van der Waals surface area contributed by atoms with Gasteiger partial charge in [-0.2, -0.15) is 0 Å². The summed E-state index contributed by atoms with van der Waals surface area (Å²) >= 11 is 0. The number of pyridine rings is 1. The van der Waals surface area contributed by atoms with Crippen molar-refractivity contribution in [2.75, 3.05) is 18.0 Å². The van der Waals surface area contributed by atoms with E-state index in [1.54, 1.807) is 12.1 Å². The lowest BCUT2D eigenvalue weighted by molar-refractivity contribution is 0.0696. The van der Waals surface area contributed by atoms with E-state index in [1.165, 1.54) is 0 Å². The van der Waals surface area contributed by atoms with Crippen LogP contribution in [0.5, 0.6) is 0 Å². The van der Waals surface area contributed by atoms with E-state index < -0.39 is 5.97 Å². The molecule has 0 aliphatic carbocycles. The number of aryl methyl sites for hydroxylation is 1. The third-order valence-corrected chi connectivity index (χ3v) is 3.05. The van der Waals surface area contributed by atoms with Gasteiger partial charge in [0.15, 0.2) is 0 Å². The Kier molecular flexibility index (Phi) is 3.28. The second-order valence-corrected chi connectivity index (χ2v) is 4.49. The highest BCUT2D eigenvalue weighted by Crippen LogP contribution is 2.19. The van der Waals surface area contributed by atoms with Gasteiger partial charge in [-0.3, -0.25) is 0 Å². The molecule has 5 nitrogen and oxygen atoms in total. The minimum atomic E-state index is -0.912. The molecule has 3 N–H and O–H groups in total. The first kappa shape index (κ1) is 11.9. The van der Waals surface area contributed by atoms with Crippen LogP contribution in [0.2, 0.25) is 0 Å². The van der Waals surface area contributed by atoms with Crippen LogP contribution in [-0.2, 0) is 0 Å². The summed E-state index contributed by atoms with van der Waals surface area (Å²) in [5.41, 5.74) is 6.87. The molecule has 0 spiro atoms. The Morgan fingerprint density at radius 1 is 1.47 bits per heavy atom. The third kappa shape index (κ3) is 2.74. The van der Waals surface area contributed by atoms with E-state index >= 15 is 0 Å². The van der Waals surface area contributed by atoms with Crippen LogP contribution >= 0.6 is 0 Å². The van der Waals surface area contributed by atoms with Crippen LogP contribution in [0.25, 0.3) is 0 Å². The first-order valence-corrected chi connectivity index (χ1v) is 5.79. The minimum Gasteiger partial charge on any atom is -0.478 e. The van der Waals surface area contributed by atoms with Crippen molar-refractivity contribution in [3.63, 3.8) is 0 Å². The zero-order valence-corrected chi connectivity index (χ0v) is 9.89. The summed E-state index contributed by atoms with van der Waals surface area (Å²) in [6.07, 6.45) is 1.86. The lowest BCUT2D eigenvalue weighted by atomic mass is 10.1. The van der Waals surface area contributed by atoms with Crippen LogP contribution in [0.15, 0.2) is 12.1 Å². The fourth-order valence-electron chi connectivity index (χ4n) is 2.07. The van der Waals surface area contributed by atoms with Gasteiger partial charge in [0, 0.05) is 24.8 Å². The molecule has 1 saturated heterocycles. The molecule has 17 heavy (non-hydrogen) atoms. The van der Waals surface area contributed by atoms with Gasteiger partial charge in [0.05, 0.1) is 5.56 Å². The molecule has 1 fully saturated rings. The van der Waals surface area contributed by atoms with Crippen LogP contribution in [-0.4, -0.2) is 35.2 Å². The van der Waals surface area contributed by atoms with Crippen LogP contribution in [0.3, 0.4) is 0 Å². The molecular weight excluding hydrogens is 218 g/mol. The Hall–Kier alpha value is -1.62. The van der Waals surface area contributed by atoms with Crippen molar-refractivity contribution in [2.24, 2.45) is 5.73 Å². The number of rotatable bonds is 2. The molecule has 5 heteroatoms. The highest BCUT2D eigenvalue weighted by Gasteiger charge is 2.18. The van der Waals surface area contributed by atoms with E-state index in [0.29, 0.717) is 5.56 Å². The van der Waals surface area contributed by atoms with E-state index in [1.807, 2.05) is 6.92 Å². The quantitative estimate of drug-likeness (QED) is 0.800. The molecule has 0 radical (unpaired) electrons. The summed E-state index contributed by atoms with van der Waals surface area (Å²) < 4.78 is 0. The van der Waals surface area contributed by atoms with Crippen molar-refractivity contribution in [3.05, 3.63) is 23.4 Å². The Bertz CT molecular complexity index is 426. The number of hydrogen-bond acceptors (Lipinski definition) is 4. The van der Waals surface area contributed by atoms with Gasteiger partial charge in [0.1, 0.15) is 5.82 Å². The number of aromatic nitrogens is 1. The van der Waals surface area contributed by atoms with Gasteiger partial charge in [0.25, 0.3) is 0 Å². The number of nitrogens with zero attached hydrogens (tertiary/aromatic N) is 2. The zero-order valence-electron chi connectivity index (χ0n) is 9.89. The number of carboxylic acids is 1.